The summed E-state index contributed by atoms with van der Waals surface area (Å²) in [7, 11) is -3.25. The maximum Gasteiger partial charge on any atom is 0.177 e. The molecule has 4 nitrogen and oxygen atoms in total. The van der Waals surface area contributed by atoms with Crippen LogP contribution in [0.15, 0.2) is 23.1 Å². The molecular weight excluding hydrogens is 272 g/mol. The van der Waals surface area contributed by atoms with Gasteiger partial charge in [-0.05, 0) is 56.4 Å². The van der Waals surface area contributed by atoms with Crippen molar-refractivity contribution < 1.29 is 8.42 Å². The van der Waals surface area contributed by atoms with Crippen LogP contribution in [0.4, 0.5) is 5.69 Å². The van der Waals surface area contributed by atoms with E-state index in [2.05, 4.69) is 11.8 Å². The van der Waals surface area contributed by atoms with E-state index in [1.807, 2.05) is 6.07 Å². The van der Waals surface area contributed by atoms with Crippen molar-refractivity contribution in [2.75, 3.05) is 31.6 Å². The highest BCUT2D eigenvalue weighted by Gasteiger charge is 2.24. The molecule has 0 bridgehead atoms. The third-order valence-electron chi connectivity index (χ3n) is 4.07. The van der Waals surface area contributed by atoms with Crippen LogP contribution < -0.4 is 5.73 Å². The van der Waals surface area contributed by atoms with E-state index in [0.717, 1.165) is 38.0 Å². The highest BCUT2D eigenvalue weighted by molar-refractivity contribution is 7.90. The molecule has 1 saturated heterocycles. The average molecular weight is 296 g/mol. The van der Waals surface area contributed by atoms with Gasteiger partial charge in [0, 0.05) is 6.26 Å². The lowest BCUT2D eigenvalue weighted by molar-refractivity contribution is 0.213. The van der Waals surface area contributed by atoms with Gasteiger partial charge in [-0.1, -0.05) is 19.1 Å². The summed E-state index contributed by atoms with van der Waals surface area (Å²) in [6.07, 6.45) is 4.50. The first-order valence-corrected chi connectivity index (χ1v) is 9.13. The Labute approximate surface area is 121 Å². The Bertz CT molecular complexity index is 561. The summed E-state index contributed by atoms with van der Waals surface area (Å²) < 4.78 is 23.5. The Kier molecular flexibility index (Phi) is 4.70. The van der Waals surface area contributed by atoms with E-state index in [0.29, 0.717) is 11.6 Å². The van der Waals surface area contributed by atoms with E-state index in [9.17, 15) is 8.42 Å². The number of nitrogens with zero attached hydrogens (tertiary/aromatic N) is 1. The van der Waals surface area contributed by atoms with Crippen molar-refractivity contribution in [1.82, 2.24) is 4.90 Å². The molecule has 1 aromatic carbocycles. The summed E-state index contributed by atoms with van der Waals surface area (Å²) in [5.41, 5.74) is 7.55. The highest BCUT2D eigenvalue weighted by Crippen LogP contribution is 2.34. The smallest absolute Gasteiger partial charge is 0.177 e. The number of nitrogen functional groups attached to an aromatic ring is 1. The number of rotatable bonds is 4. The van der Waals surface area contributed by atoms with Crippen molar-refractivity contribution in [1.29, 1.82) is 0 Å². The molecule has 2 N–H and O–H groups in total. The van der Waals surface area contributed by atoms with Crippen LogP contribution in [0.2, 0.25) is 0 Å². The van der Waals surface area contributed by atoms with E-state index >= 15 is 0 Å². The fourth-order valence-electron chi connectivity index (χ4n) is 3.02. The molecule has 5 heteroatoms. The summed E-state index contributed by atoms with van der Waals surface area (Å²) in [6, 6.07) is 5.38. The third-order valence-corrected chi connectivity index (χ3v) is 5.22. The number of hydrogen-bond donors (Lipinski definition) is 1. The van der Waals surface area contributed by atoms with Crippen molar-refractivity contribution in [3.8, 4) is 0 Å². The minimum absolute atomic E-state index is 0.269. The van der Waals surface area contributed by atoms with E-state index < -0.39 is 9.84 Å². The second kappa shape index (κ2) is 6.14. The summed E-state index contributed by atoms with van der Waals surface area (Å²) in [5.74, 6) is 0.379. The van der Waals surface area contributed by atoms with Gasteiger partial charge in [-0.3, -0.25) is 0 Å². The van der Waals surface area contributed by atoms with E-state index in [1.165, 1.54) is 12.7 Å². The van der Waals surface area contributed by atoms with Gasteiger partial charge in [-0.25, -0.2) is 8.42 Å². The molecule has 0 amide bonds. The quantitative estimate of drug-likeness (QED) is 0.866. The van der Waals surface area contributed by atoms with E-state index in [-0.39, 0.29) is 4.90 Å². The lowest BCUT2D eigenvalue weighted by Crippen LogP contribution is -2.33. The van der Waals surface area contributed by atoms with Crippen LogP contribution in [-0.4, -0.2) is 39.2 Å². The molecule has 1 aromatic rings. The minimum Gasteiger partial charge on any atom is -0.397 e. The van der Waals surface area contributed by atoms with E-state index in [4.69, 9.17) is 5.73 Å². The maximum atomic E-state index is 11.7. The van der Waals surface area contributed by atoms with Crippen molar-refractivity contribution in [2.24, 2.45) is 0 Å². The zero-order valence-corrected chi connectivity index (χ0v) is 13.1. The molecule has 1 aliphatic heterocycles. The standard InChI is InChI=1S/C15H24N2O2S/c1-3-9-17-10-7-12(8-11-17)13-5-4-6-14(15(13)16)20(2,18)19/h4-6,12H,3,7-11,16H2,1-2H3. The first-order chi connectivity index (χ1) is 9.43. The van der Waals surface area contributed by atoms with Gasteiger partial charge in [0.25, 0.3) is 0 Å². The van der Waals surface area contributed by atoms with Crippen LogP contribution in [0, 0.1) is 0 Å². The predicted octanol–water partition coefficient (Wildman–Crippen LogP) is 2.26. The SMILES string of the molecule is CCCN1CCC(c2cccc(S(C)(=O)=O)c2N)CC1. The molecule has 0 unspecified atom stereocenters. The van der Waals surface area contributed by atoms with E-state index in [1.54, 1.807) is 12.1 Å². The molecule has 0 atom stereocenters. The molecule has 2 rings (SSSR count). The van der Waals surface area contributed by atoms with Gasteiger partial charge in [0.15, 0.2) is 9.84 Å². The Morgan fingerprint density at radius 1 is 1.30 bits per heavy atom. The third kappa shape index (κ3) is 3.33. The normalized spacial score (nSPS) is 18.3. The van der Waals surface area contributed by atoms with Gasteiger partial charge in [0.2, 0.25) is 0 Å². The molecule has 112 valence electrons. The summed E-state index contributed by atoms with van der Waals surface area (Å²) in [4.78, 5) is 2.73. The predicted molar refractivity (Wildman–Crippen MR) is 82.7 cm³/mol. The monoisotopic (exact) mass is 296 g/mol. The molecule has 0 radical (unpaired) electrons. The van der Waals surface area contributed by atoms with Crippen molar-refractivity contribution in [3.05, 3.63) is 23.8 Å². The van der Waals surface area contributed by atoms with Gasteiger partial charge in [0.1, 0.15) is 0 Å². The molecule has 0 aromatic heterocycles. The number of sulfone groups is 1. The van der Waals surface area contributed by atoms with Crippen LogP contribution in [0.5, 0.6) is 0 Å². The topological polar surface area (TPSA) is 63.4 Å². The number of nitrogens with two attached hydrogens (primary N) is 1. The van der Waals surface area contributed by atoms with Crippen molar-refractivity contribution >= 4 is 15.5 Å². The Morgan fingerprint density at radius 2 is 1.95 bits per heavy atom. The fraction of sp³-hybridized carbons (Fsp3) is 0.600. The van der Waals surface area contributed by atoms with Crippen LogP contribution in [0.25, 0.3) is 0 Å². The van der Waals surface area contributed by atoms with Crippen LogP contribution in [-0.2, 0) is 9.84 Å². The van der Waals surface area contributed by atoms with Gasteiger partial charge in [-0.15, -0.1) is 0 Å². The largest absolute Gasteiger partial charge is 0.397 e. The van der Waals surface area contributed by atoms with Crippen molar-refractivity contribution in [3.63, 3.8) is 0 Å². The summed E-state index contributed by atoms with van der Waals surface area (Å²) in [5, 5.41) is 0. The van der Waals surface area contributed by atoms with Gasteiger partial charge < -0.3 is 10.6 Å². The second-order valence-electron chi connectivity index (χ2n) is 5.65. The Morgan fingerprint density at radius 3 is 2.50 bits per heavy atom. The first-order valence-electron chi connectivity index (χ1n) is 7.24. The van der Waals surface area contributed by atoms with Crippen LogP contribution >= 0.6 is 0 Å². The lowest BCUT2D eigenvalue weighted by atomic mass is 9.88. The molecule has 0 saturated carbocycles. The molecular formula is C15H24N2O2S. The molecule has 1 aliphatic rings. The second-order valence-corrected chi connectivity index (χ2v) is 7.63. The molecule has 0 aliphatic carbocycles. The van der Waals surface area contributed by atoms with Gasteiger partial charge >= 0.3 is 0 Å². The first kappa shape index (κ1) is 15.3. The van der Waals surface area contributed by atoms with Crippen LogP contribution in [0.1, 0.15) is 37.7 Å². The zero-order valence-electron chi connectivity index (χ0n) is 12.3. The molecule has 0 spiro atoms. The molecule has 1 heterocycles. The number of para-hydroxylation sites is 1. The fourth-order valence-corrected chi connectivity index (χ4v) is 3.87. The molecule has 20 heavy (non-hydrogen) atoms. The number of benzene rings is 1. The number of hydrogen-bond acceptors (Lipinski definition) is 4. The minimum atomic E-state index is -3.25. The van der Waals surface area contributed by atoms with Gasteiger partial charge in [0.05, 0.1) is 10.6 Å². The average Bonchev–Trinajstić information content (AvgIpc) is 2.39. The van der Waals surface area contributed by atoms with Crippen LogP contribution in [0.3, 0.4) is 0 Å². The number of likely N-dealkylation sites (tertiary alicyclic amines) is 1. The van der Waals surface area contributed by atoms with Crippen molar-refractivity contribution in [2.45, 2.75) is 37.0 Å². The highest BCUT2D eigenvalue weighted by atomic mass is 32.2. The summed E-state index contributed by atoms with van der Waals surface area (Å²) in [6.45, 7) is 5.48. The maximum absolute atomic E-state index is 11.7. The number of piperidine rings is 1. The van der Waals surface area contributed by atoms with Gasteiger partial charge in [-0.2, -0.15) is 0 Å². The molecule has 1 fully saturated rings. The Balaban J connectivity index is 2.19. The lowest BCUT2D eigenvalue weighted by Gasteiger charge is -2.32. The Hall–Kier alpha value is -1.07. The summed E-state index contributed by atoms with van der Waals surface area (Å²) >= 11 is 0. The number of anilines is 1. The zero-order chi connectivity index (χ0) is 14.8.